The topological polar surface area (TPSA) is 35.5 Å². The van der Waals surface area contributed by atoms with Crippen LogP contribution in [0.25, 0.3) is 0 Å². The molecule has 0 radical (unpaired) electrons. The molecule has 0 aromatic heterocycles. The second-order valence-electron chi connectivity index (χ2n) is 6.19. The molecule has 1 aliphatic heterocycles. The zero-order valence-electron chi connectivity index (χ0n) is 12.7. The van der Waals surface area contributed by atoms with Crippen LogP contribution in [0, 0.1) is 11.3 Å². The summed E-state index contributed by atoms with van der Waals surface area (Å²) in [6.07, 6.45) is 6.49. The molecule has 2 aliphatic carbocycles. The molecule has 0 saturated carbocycles. The first kappa shape index (κ1) is 13.6. The number of hydrogen-bond acceptors (Lipinski definition) is 3. The Kier molecular flexibility index (Phi) is 3.13. The van der Waals surface area contributed by atoms with Crippen LogP contribution in [0.1, 0.15) is 40.5 Å². The summed E-state index contributed by atoms with van der Waals surface area (Å²) in [5, 5.41) is 0. The lowest BCUT2D eigenvalue weighted by Crippen LogP contribution is -2.46. The fourth-order valence-electron chi connectivity index (χ4n) is 3.74. The first-order valence-corrected chi connectivity index (χ1v) is 7.47. The van der Waals surface area contributed by atoms with Crippen LogP contribution in [0.15, 0.2) is 34.6 Å². The minimum absolute atomic E-state index is 0.0671. The molecule has 0 spiro atoms. The minimum Gasteiger partial charge on any atom is -0.423 e. The van der Waals surface area contributed by atoms with Gasteiger partial charge in [0.25, 0.3) is 0 Å². The van der Waals surface area contributed by atoms with Crippen LogP contribution in [0.3, 0.4) is 0 Å². The van der Waals surface area contributed by atoms with E-state index in [1.54, 1.807) is 0 Å². The number of ether oxygens (including phenoxy) is 2. The van der Waals surface area contributed by atoms with Gasteiger partial charge in [-0.1, -0.05) is 19.9 Å². The van der Waals surface area contributed by atoms with Crippen molar-refractivity contribution in [2.45, 2.75) is 46.6 Å². The number of hydrogen-bond donors (Lipinski definition) is 0. The van der Waals surface area contributed by atoms with Crippen LogP contribution in [0.2, 0.25) is 0 Å². The van der Waals surface area contributed by atoms with E-state index in [4.69, 9.17) is 9.47 Å². The Balaban J connectivity index is 2.20. The second-order valence-corrected chi connectivity index (χ2v) is 6.19. The molecule has 1 heterocycles. The monoisotopic (exact) mass is 274 g/mol. The Labute approximate surface area is 120 Å². The molecule has 3 atom stereocenters. The van der Waals surface area contributed by atoms with E-state index in [-0.39, 0.29) is 17.5 Å². The molecule has 0 fully saturated rings. The minimum atomic E-state index is -0.230. The SMILES string of the molecule is CCOC1C2=C(C)C(=O)OC2=CC2=CCCC(C)C21C. The van der Waals surface area contributed by atoms with Crippen molar-refractivity contribution in [2.24, 2.45) is 11.3 Å². The van der Waals surface area contributed by atoms with Gasteiger partial charge in [0.15, 0.2) is 0 Å². The molecular weight excluding hydrogens is 252 g/mol. The number of carbonyl (C=O) groups is 1. The smallest absolute Gasteiger partial charge is 0.339 e. The molecule has 3 heteroatoms. The fourth-order valence-corrected chi connectivity index (χ4v) is 3.74. The van der Waals surface area contributed by atoms with Gasteiger partial charge in [-0.15, -0.1) is 0 Å². The fraction of sp³-hybridized carbons (Fsp3) is 0.588. The van der Waals surface area contributed by atoms with Crippen molar-refractivity contribution < 1.29 is 14.3 Å². The van der Waals surface area contributed by atoms with E-state index in [9.17, 15) is 4.79 Å². The van der Waals surface area contributed by atoms with E-state index in [0.29, 0.717) is 23.9 Å². The maximum absolute atomic E-state index is 11.9. The lowest BCUT2D eigenvalue weighted by molar-refractivity contribution is -0.133. The molecule has 20 heavy (non-hydrogen) atoms. The van der Waals surface area contributed by atoms with Gasteiger partial charge in [-0.25, -0.2) is 4.79 Å². The summed E-state index contributed by atoms with van der Waals surface area (Å²) in [4.78, 5) is 11.9. The van der Waals surface area contributed by atoms with E-state index >= 15 is 0 Å². The third-order valence-corrected chi connectivity index (χ3v) is 5.21. The molecule has 0 aromatic rings. The van der Waals surface area contributed by atoms with Crippen LogP contribution in [0.4, 0.5) is 0 Å². The molecule has 0 amide bonds. The van der Waals surface area contributed by atoms with Crippen LogP contribution in [0.5, 0.6) is 0 Å². The van der Waals surface area contributed by atoms with Crippen molar-refractivity contribution in [2.75, 3.05) is 6.61 Å². The molecule has 0 bridgehead atoms. The summed E-state index contributed by atoms with van der Waals surface area (Å²) >= 11 is 0. The summed E-state index contributed by atoms with van der Waals surface area (Å²) < 4.78 is 11.5. The summed E-state index contributed by atoms with van der Waals surface area (Å²) in [6.45, 7) is 9.03. The summed E-state index contributed by atoms with van der Waals surface area (Å²) in [5.41, 5.74) is 2.86. The highest BCUT2D eigenvalue weighted by atomic mass is 16.5. The molecule has 3 unspecified atom stereocenters. The number of fused-ring (bicyclic) bond motifs is 2. The maximum Gasteiger partial charge on any atom is 0.339 e. The molecule has 3 rings (SSSR count). The van der Waals surface area contributed by atoms with Crippen molar-refractivity contribution in [3.05, 3.63) is 34.6 Å². The maximum atomic E-state index is 11.9. The Morgan fingerprint density at radius 3 is 2.95 bits per heavy atom. The Morgan fingerprint density at radius 2 is 2.25 bits per heavy atom. The molecule has 3 nitrogen and oxygen atoms in total. The van der Waals surface area contributed by atoms with Crippen LogP contribution in [-0.4, -0.2) is 18.7 Å². The van der Waals surface area contributed by atoms with Crippen molar-refractivity contribution >= 4 is 5.97 Å². The lowest BCUT2D eigenvalue weighted by atomic mass is 9.59. The van der Waals surface area contributed by atoms with Crippen LogP contribution < -0.4 is 0 Å². The average molecular weight is 274 g/mol. The van der Waals surface area contributed by atoms with Gasteiger partial charge in [0.05, 0.1) is 6.10 Å². The standard InChI is InChI=1S/C17H22O3/c1-5-19-15-14-11(3)16(18)20-13(14)9-12-8-6-7-10(2)17(12,15)4/h8-10,15H,5-7H2,1-4H3. The van der Waals surface area contributed by atoms with E-state index in [2.05, 4.69) is 26.0 Å². The van der Waals surface area contributed by atoms with E-state index in [1.807, 2.05) is 13.8 Å². The van der Waals surface area contributed by atoms with Crippen molar-refractivity contribution in [1.82, 2.24) is 0 Å². The van der Waals surface area contributed by atoms with Gasteiger partial charge >= 0.3 is 5.97 Å². The highest BCUT2D eigenvalue weighted by Gasteiger charge is 2.51. The van der Waals surface area contributed by atoms with Gasteiger partial charge in [-0.2, -0.15) is 0 Å². The zero-order chi connectivity index (χ0) is 14.5. The highest BCUT2D eigenvalue weighted by molar-refractivity contribution is 5.94. The first-order valence-electron chi connectivity index (χ1n) is 7.47. The van der Waals surface area contributed by atoms with Crippen molar-refractivity contribution in [3.63, 3.8) is 0 Å². The van der Waals surface area contributed by atoms with Gasteiger partial charge in [-0.3, -0.25) is 0 Å². The van der Waals surface area contributed by atoms with Gasteiger partial charge in [0.1, 0.15) is 5.76 Å². The molecule has 0 saturated heterocycles. The van der Waals surface area contributed by atoms with E-state index < -0.39 is 0 Å². The van der Waals surface area contributed by atoms with Crippen molar-refractivity contribution in [3.8, 4) is 0 Å². The normalized spacial score (nSPS) is 36.1. The molecule has 108 valence electrons. The second kappa shape index (κ2) is 4.59. The highest BCUT2D eigenvalue weighted by Crippen LogP contribution is 2.54. The van der Waals surface area contributed by atoms with E-state index in [0.717, 1.165) is 18.4 Å². The summed E-state index contributed by atoms with van der Waals surface area (Å²) in [6, 6.07) is 0. The van der Waals surface area contributed by atoms with Gasteiger partial charge < -0.3 is 9.47 Å². The summed E-state index contributed by atoms with van der Waals surface area (Å²) in [7, 11) is 0. The first-order chi connectivity index (χ1) is 9.50. The lowest BCUT2D eigenvalue weighted by Gasteiger charge is -2.48. The number of esters is 1. The van der Waals surface area contributed by atoms with Gasteiger partial charge in [0, 0.05) is 23.2 Å². The third-order valence-electron chi connectivity index (χ3n) is 5.21. The van der Waals surface area contributed by atoms with Crippen LogP contribution in [-0.2, 0) is 14.3 Å². The zero-order valence-corrected chi connectivity index (χ0v) is 12.7. The predicted octanol–water partition coefficient (Wildman–Crippen LogP) is 3.52. The van der Waals surface area contributed by atoms with Crippen LogP contribution >= 0.6 is 0 Å². The quantitative estimate of drug-likeness (QED) is 0.723. The Morgan fingerprint density at radius 1 is 1.50 bits per heavy atom. The molecule has 3 aliphatic rings. The van der Waals surface area contributed by atoms with Gasteiger partial charge in [0.2, 0.25) is 0 Å². The third kappa shape index (κ3) is 1.65. The average Bonchev–Trinajstić information content (AvgIpc) is 2.68. The number of rotatable bonds is 2. The molecule has 0 N–H and O–H groups in total. The molecular formula is C17H22O3. The summed E-state index contributed by atoms with van der Waals surface area (Å²) in [5.74, 6) is 0.989. The van der Waals surface area contributed by atoms with Crippen molar-refractivity contribution in [1.29, 1.82) is 0 Å². The van der Waals surface area contributed by atoms with Gasteiger partial charge in [-0.05, 0) is 44.3 Å². The Hall–Kier alpha value is -1.35. The molecule has 0 aromatic carbocycles. The largest absolute Gasteiger partial charge is 0.423 e. The number of allylic oxidation sites excluding steroid dienone is 2. The number of carbonyl (C=O) groups excluding carboxylic acids is 1. The Bertz CT molecular complexity index is 553. The van der Waals surface area contributed by atoms with E-state index in [1.165, 1.54) is 5.57 Å². The predicted molar refractivity (Wildman–Crippen MR) is 76.9 cm³/mol.